The molecule has 2 aliphatic rings. The van der Waals surface area contributed by atoms with E-state index in [9.17, 15) is 5.11 Å². The number of aliphatic hydroxyl groups excluding tert-OH is 1. The van der Waals surface area contributed by atoms with E-state index in [1.54, 1.807) is 0 Å². The highest BCUT2D eigenvalue weighted by Gasteiger charge is 2.24. The zero-order chi connectivity index (χ0) is 10.5. The molecule has 88 valence electrons. The highest BCUT2D eigenvalue weighted by Crippen LogP contribution is 2.19. The molecule has 0 aromatic rings. The number of ether oxygens (including phenoxy) is 1. The van der Waals surface area contributed by atoms with Crippen molar-refractivity contribution < 1.29 is 9.84 Å². The Labute approximate surface area is 92.2 Å². The first-order chi connectivity index (χ1) is 7.36. The molecule has 1 aliphatic carbocycles. The van der Waals surface area contributed by atoms with E-state index in [4.69, 9.17) is 4.74 Å². The molecule has 3 nitrogen and oxygen atoms in total. The zero-order valence-electron chi connectivity index (χ0n) is 9.45. The highest BCUT2D eigenvalue weighted by molar-refractivity contribution is 4.83. The standard InChI is InChI=1S/C12H23NO2/c14-12-7-3-1-2-6-11(12)13-10-5-4-8-15-9-10/h10-14H,1-9H2. The maximum atomic E-state index is 9.98. The molecule has 1 saturated carbocycles. The van der Waals surface area contributed by atoms with Crippen molar-refractivity contribution in [3.8, 4) is 0 Å². The molecule has 1 saturated heterocycles. The van der Waals surface area contributed by atoms with E-state index < -0.39 is 0 Å². The van der Waals surface area contributed by atoms with Crippen LogP contribution in [0.5, 0.6) is 0 Å². The van der Waals surface area contributed by atoms with Gasteiger partial charge < -0.3 is 15.2 Å². The van der Waals surface area contributed by atoms with Gasteiger partial charge in [0.25, 0.3) is 0 Å². The minimum atomic E-state index is -0.144. The molecule has 0 aromatic carbocycles. The lowest BCUT2D eigenvalue weighted by atomic mass is 10.0. The number of hydrogen-bond donors (Lipinski definition) is 2. The lowest BCUT2D eigenvalue weighted by Crippen LogP contribution is -2.48. The van der Waals surface area contributed by atoms with Gasteiger partial charge in [-0.2, -0.15) is 0 Å². The normalized spacial score (nSPS) is 38.6. The average molecular weight is 213 g/mol. The van der Waals surface area contributed by atoms with Crippen molar-refractivity contribution in [3.63, 3.8) is 0 Å². The summed E-state index contributed by atoms with van der Waals surface area (Å²) in [6.07, 6.45) is 8.00. The van der Waals surface area contributed by atoms with Gasteiger partial charge in [0.2, 0.25) is 0 Å². The predicted octanol–water partition coefficient (Wildman–Crippen LogP) is 1.45. The summed E-state index contributed by atoms with van der Waals surface area (Å²) in [6.45, 7) is 1.73. The highest BCUT2D eigenvalue weighted by atomic mass is 16.5. The Hall–Kier alpha value is -0.120. The smallest absolute Gasteiger partial charge is 0.0693 e. The molecule has 2 N–H and O–H groups in total. The maximum Gasteiger partial charge on any atom is 0.0693 e. The number of rotatable bonds is 2. The third-order valence-corrected chi connectivity index (χ3v) is 3.59. The summed E-state index contributed by atoms with van der Waals surface area (Å²) in [6, 6.07) is 0.774. The second-order valence-electron chi connectivity index (χ2n) is 4.89. The minimum absolute atomic E-state index is 0.144. The van der Waals surface area contributed by atoms with Crippen LogP contribution in [0.15, 0.2) is 0 Å². The van der Waals surface area contributed by atoms with Crippen molar-refractivity contribution in [3.05, 3.63) is 0 Å². The summed E-state index contributed by atoms with van der Waals surface area (Å²) in [5.41, 5.74) is 0. The summed E-state index contributed by atoms with van der Waals surface area (Å²) in [7, 11) is 0. The first-order valence-corrected chi connectivity index (χ1v) is 6.38. The molecule has 3 heteroatoms. The molecule has 3 unspecified atom stereocenters. The summed E-state index contributed by atoms with van der Waals surface area (Å²) in [5.74, 6) is 0. The fourth-order valence-electron chi connectivity index (χ4n) is 2.66. The van der Waals surface area contributed by atoms with Crippen LogP contribution in [0.2, 0.25) is 0 Å². The van der Waals surface area contributed by atoms with Crippen molar-refractivity contribution in [2.24, 2.45) is 0 Å². The van der Waals surface area contributed by atoms with Crippen LogP contribution in [0.3, 0.4) is 0 Å². The van der Waals surface area contributed by atoms with E-state index in [1.165, 1.54) is 25.7 Å². The van der Waals surface area contributed by atoms with Gasteiger partial charge in [0.1, 0.15) is 0 Å². The van der Waals surface area contributed by atoms with E-state index in [0.29, 0.717) is 12.1 Å². The molecule has 0 aromatic heterocycles. The number of aliphatic hydroxyl groups is 1. The Morgan fingerprint density at radius 3 is 2.67 bits per heavy atom. The monoisotopic (exact) mass is 213 g/mol. The maximum absolute atomic E-state index is 9.98. The van der Waals surface area contributed by atoms with E-state index in [2.05, 4.69) is 5.32 Å². The Morgan fingerprint density at radius 1 is 1.00 bits per heavy atom. The van der Waals surface area contributed by atoms with Gasteiger partial charge in [-0.1, -0.05) is 19.3 Å². The third-order valence-electron chi connectivity index (χ3n) is 3.59. The van der Waals surface area contributed by atoms with Gasteiger partial charge in [0.05, 0.1) is 12.7 Å². The van der Waals surface area contributed by atoms with Gasteiger partial charge in [-0.05, 0) is 25.7 Å². The second kappa shape index (κ2) is 5.83. The average Bonchev–Trinajstić information content (AvgIpc) is 2.46. The van der Waals surface area contributed by atoms with Gasteiger partial charge >= 0.3 is 0 Å². The molecule has 15 heavy (non-hydrogen) atoms. The SMILES string of the molecule is OC1CCCCCC1NC1CCCOC1. The van der Waals surface area contributed by atoms with Crippen LogP contribution in [-0.4, -0.2) is 36.5 Å². The van der Waals surface area contributed by atoms with Crippen molar-refractivity contribution in [2.75, 3.05) is 13.2 Å². The summed E-state index contributed by atoms with van der Waals surface area (Å²) in [4.78, 5) is 0. The molecule has 2 rings (SSSR count). The number of hydrogen-bond acceptors (Lipinski definition) is 3. The summed E-state index contributed by atoms with van der Waals surface area (Å²) < 4.78 is 5.45. The van der Waals surface area contributed by atoms with E-state index in [1.807, 2.05) is 0 Å². The second-order valence-corrected chi connectivity index (χ2v) is 4.89. The fraction of sp³-hybridized carbons (Fsp3) is 1.00. The van der Waals surface area contributed by atoms with E-state index >= 15 is 0 Å². The van der Waals surface area contributed by atoms with Crippen LogP contribution in [0.1, 0.15) is 44.9 Å². The summed E-state index contributed by atoms with van der Waals surface area (Å²) >= 11 is 0. The fourth-order valence-corrected chi connectivity index (χ4v) is 2.66. The Morgan fingerprint density at radius 2 is 1.87 bits per heavy atom. The van der Waals surface area contributed by atoms with Gasteiger partial charge in [0.15, 0.2) is 0 Å². The third kappa shape index (κ3) is 3.44. The quantitative estimate of drug-likeness (QED) is 0.682. The van der Waals surface area contributed by atoms with Crippen LogP contribution >= 0.6 is 0 Å². The molecule has 0 amide bonds. The Bertz CT molecular complexity index is 180. The summed E-state index contributed by atoms with van der Waals surface area (Å²) in [5, 5.41) is 13.5. The molecular formula is C12H23NO2. The first-order valence-electron chi connectivity index (χ1n) is 6.38. The Balaban J connectivity index is 1.79. The van der Waals surface area contributed by atoms with Crippen LogP contribution in [0.25, 0.3) is 0 Å². The largest absolute Gasteiger partial charge is 0.392 e. The van der Waals surface area contributed by atoms with Gasteiger partial charge in [-0.25, -0.2) is 0 Å². The van der Waals surface area contributed by atoms with E-state index in [0.717, 1.165) is 32.5 Å². The minimum Gasteiger partial charge on any atom is -0.392 e. The van der Waals surface area contributed by atoms with Crippen LogP contribution in [-0.2, 0) is 4.74 Å². The van der Waals surface area contributed by atoms with Crippen LogP contribution in [0, 0.1) is 0 Å². The van der Waals surface area contributed by atoms with Crippen LogP contribution in [0.4, 0.5) is 0 Å². The van der Waals surface area contributed by atoms with Gasteiger partial charge in [0, 0.05) is 18.7 Å². The zero-order valence-corrected chi connectivity index (χ0v) is 9.45. The number of nitrogens with one attached hydrogen (secondary N) is 1. The lowest BCUT2D eigenvalue weighted by molar-refractivity contribution is 0.0492. The Kier molecular flexibility index (Phi) is 4.42. The van der Waals surface area contributed by atoms with Crippen molar-refractivity contribution in [1.29, 1.82) is 0 Å². The van der Waals surface area contributed by atoms with E-state index in [-0.39, 0.29) is 6.10 Å². The molecule has 0 spiro atoms. The van der Waals surface area contributed by atoms with Gasteiger partial charge in [-0.3, -0.25) is 0 Å². The molecular weight excluding hydrogens is 190 g/mol. The van der Waals surface area contributed by atoms with Crippen LogP contribution < -0.4 is 5.32 Å². The molecule has 3 atom stereocenters. The molecule has 1 heterocycles. The predicted molar refractivity (Wildman–Crippen MR) is 59.9 cm³/mol. The first kappa shape index (κ1) is 11.4. The molecule has 1 aliphatic heterocycles. The molecule has 2 fully saturated rings. The molecule has 0 radical (unpaired) electrons. The molecule has 0 bridgehead atoms. The lowest BCUT2D eigenvalue weighted by Gasteiger charge is -2.30. The van der Waals surface area contributed by atoms with Crippen molar-refractivity contribution in [2.45, 2.75) is 63.1 Å². The van der Waals surface area contributed by atoms with Crippen molar-refractivity contribution >= 4 is 0 Å². The van der Waals surface area contributed by atoms with Gasteiger partial charge in [-0.15, -0.1) is 0 Å². The van der Waals surface area contributed by atoms with Crippen molar-refractivity contribution in [1.82, 2.24) is 5.32 Å². The topological polar surface area (TPSA) is 41.5 Å².